The van der Waals surface area contributed by atoms with Crippen LogP contribution in [0.4, 0.5) is 4.79 Å². The second-order valence-corrected chi connectivity index (χ2v) is 7.21. The fourth-order valence-corrected chi connectivity index (χ4v) is 1.95. The molecule has 0 spiro atoms. The van der Waals surface area contributed by atoms with Crippen LogP contribution in [0, 0.1) is 5.41 Å². The topological polar surface area (TPSA) is 84.0 Å². The van der Waals surface area contributed by atoms with E-state index in [9.17, 15) is 4.79 Å². The maximum absolute atomic E-state index is 11.5. The van der Waals surface area contributed by atoms with Crippen LogP contribution in [0.2, 0.25) is 0 Å². The first-order valence-electron chi connectivity index (χ1n) is 8.31. The lowest BCUT2D eigenvalue weighted by Crippen LogP contribution is -2.44. The van der Waals surface area contributed by atoms with Crippen LogP contribution < -0.4 is 16.0 Å². The summed E-state index contributed by atoms with van der Waals surface area (Å²) in [5, 5.41) is 9.23. The number of guanidine groups is 1. The van der Waals surface area contributed by atoms with Crippen molar-refractivity contribution in [2.75, 3.05) is 39.4 Å². The first-order valence-corrected chi connectivity index (χ1v) is 8.31. The van der Waals surface area contributed by atoms with E-state index in [2.05, 4.69) is 27.9 Å². The number of ether oxygens (including phenoxy) is 2. The Balaban J connectivity index is 2.20. The van der Waals surface area contributed by atoms with E-state index >= 15 is 0 Å². The molecule has 7 nitrogen and oxygen atoms in total. The number of hydrogen-bond donors (Lipinski definition) is 3. The SMILES string of the molecule is CCNC(=NCC1(C)COC1)NCCCNC(=O)OC(C)(C)C. The molecule has 0 aromatic carbocycles. The number of nitrogens with one attached hydrogen (secondary N) is 3. The summed E-state index contributed by atoms with van der Waals surface area (Å²) < 4.78 is 10.4. The van der Waals surface area contributed by atoms with E-state index in [1.54, 1.807) is 0 Å². The molecule has 0 aromatic rings. The zero-order chi connectivity index (χ0) is 17.3. The summed E-state index contributed by atoms with van der Waals surface area (Å²) in [5.74, 6) is 0.804. The van der Waals surface area contributed by atoms with Crippen molar-refractivity contribution >= 4 is 12.1 Å². The van der Waals surface area contributed by atoms with Crippen molar-refractivity contribution in [2.24, 2.45) is 10.4 Å². The summed E-state index contributed by atoms with van der Waals surface area (Å²) in [7, 11) is 0. The predicted molar refractivity (Wildman–Crippen MR) is 91.8 cm³/mol. The quantitative estimate of drug-likeness (QED) is 0.375. The molecule has 0 bridgehead atoms. The van der Waals surface area contributed by atoms with Gasteiger partial charge < -0.3 is 25.4 Å². The molecule has 1 fully saturated rings. The zero-order valence-corrected chi connectivity index (χ0v) is 15.1. The van der Waals surface area contributed by atoms with Gasteiger partial charge in [-0.15, -0.1) is 0 Å². The maximum atomic E-state index is 11.5. The molecule has 0 saturated carbocycles. The standard InChI is InChI=1S/C16H32N4O3/c1-6-17-13(20-10-16(5)11-22-12-16)18-8-7-9-19-14(21)23-15(2,3)4/h6-12H2,1-5H3,(H,19,21)(H2,17,18,20). The van der Waals surface area contributed by atoms with Gasteiger partial charge >= 0.3 is 6.09 Å². The van der Waals surface area contributed by atoms with Gasteiger partial charge in [-0.25, -0.2) is 4.79 Å². The summed E-state index contributed by atoms with van der Waals surface area (Å²) in [5.41, 5.74) is -0.296. The van der Waals surface area contributed by atoms with E-state index in [-0.39, 0.29) is 11.5 Å². The fraction of sp³-hybridized carbons (Fsp3) is 0.875. The van der Waals surface area contributed by atoms with Crippen molar-refractivity contribution < 1.29 is 14.3 Å². The molecule has 0 radical (unpaired) electrons. The van der Waals surface area contributed by atoms with Crippen molar-refractivity contribution in [3.05, 3.63) is 0 Å². The summed E-state index contributed by atoms with van der Waals surface area (Å²) in [4.78, 5) is 16.1. The van der Waals surface area contributed by atoms with Gasteiger partial charge in [-0.3, -0.25) is 4.99 Å². The molecular formula is C16H32N4O3. The number of alkyl carbamates (subject to hydrolysis) is 1. The molecular weight excluding hydrogens is 296 g/mol. The van der Waals surface area contributed by atoms with Crippen LogP contribution in [0.5, 0.6) is 0 Å². The fourth-order valence-electron chi connectivity index (χ4n) is 1.95. The highest BCUT2D eigenvalue weighted by atomic mass is 16.6. The first-order chi connectivity index (χ1) is 10.7. The second-order valence-electron chi connectivity index (χ2n) is 7.21. The van der Waals surface area contributed by atoms with Gasteiger partial charge in [0.25, 0.3) is 0 Å². The van der Waals surface area contributed by atoms with Crippen molar-refractivity contribution in [3.8, 4) is 0 Å². The van der Waals surface area contributed by atoms with Crippen LogP contribution in [0.25, 0.3) is 0 Å². The van der Waals surface area contributed by atoms with Crippen molar-refractivity contribution in [1.82, 2.24) is 16.0 Å². The highest BCUT2D eigenvalue weighted by molar-refractivity contribution is 5.79. The lowest BCUT2D eigenvalue weighted by Gasteiger charge is -2.36. The number of amides is 1. The van der Waals surface area contributed by atoms with Gasteiger partial charge in [-0.2, -0.15) is 0 Å². The van der Waals surface area contributed by atoms with E-state index in [0.29, 0.717) is 6.54 Å². The third-order valence-corrected chi connectivity index (χ3v) is 3.18. The van der Waals surface area contributed by atoms with Gasteiger partial charge in [0.1, 0.15) is 5.60 Å². The monoisotopic (exact) mass is 328 g/mol. The van der Waals surface area contributed by atoms with Crippen LogP contribution in [-0.2, 0) is 9.47 Å². The minimum atomic E-state index is -0.464. The summed E-state index contributed by atoms with van der Waals surface area (Å²) in [6.07, 6.45) is 0.417. The minimum Gasteiger partial charge on any atom is -0.444 e. The predicted octanol–water partition coefficient (Wildman–Crippen LogP) is 1.49. The average Bonchev–Trinajstić information content (AvgIpc) is 2.40. The van der Waals surface area contributed by atoms with Crippen LogP contribution in [0.1, 0.15) is 41.0 Å². The molecule has 0 atom stereocenters. The van der Waals surface area contributed by atoms with Gasteiger partial charge in [-0.1, -0.05) is 6.92 Å². The van der Waals surface area contributed by atoms with Crippen LogP contribution >= 0.6 is 0 Å². The Hall–Kier alpha value is -1.50. The summed E-state index contributed by atoms with van der Waals surface area (Å²) >= 11 is 0. The highest BCUT2D eigenvalue weighted by Crippen LogP contribution is 2.26. The van der Waals surface area contributed by atoms with Crippen LogP contribution in [0.3, 0.4) is 0 Å². The van der Waals surface area contributed by atoms with E-state index in [0.717, 1.165) is 45.2 Å². The maximum Gasteiger partial charge on any atom is 0.407 e. The van der Waals surface area contributed by atoms with Gasteiger partial charge in [0.05, 0.1) is 19.8 Å². The normalized spacial score (nSPS) is 17.2. The molecule has 7 heteroatoms. The largest absolute Gasteiger partial charge is 0.444 e. The molecule has 3 N–H and O–H groups in total. The molecule has 134 valence electrons. The second kappa shape index (κ2) is 8.96. The van der Waals surface area contributed by atoms with Gasteiger partial charge in [0, 0.05) is 25.0 Å². The van der Waals surface area contributed by atoms with Crippen molar-refractivity contribution in [3.63, 3.8) is 0 Å². The zero-order valence-electron chi connectivity index (χ0n) is 15.1. The Bertz CT molecular complexity index is 401. The molecule has 0 aromatic heterocycles. The number of aliphatic imine (C=N–C) groups is 1. The van der Waals surface area contributed by atoms with E-state index in [1.165, 1.54) is 0 Å². The Morgan fingerprint density at radius 3 is 2.39 bits per heavy atom. The smallest absolute Gasteiger partial charge is 0.407 e. The molecule has 1 saturated heterocycles. The lowest BCUT2D eigenvalue weighted by atomic mass is 9.89. The lowest BCUT2D eigenvalue weighted by molar-refractivity contribution is -0.0945. The minimum absolute atomic E-state index is 0.167. The van der Waals surface area contributed by atoms with E-state index in [4.69, 9.17) is 9.47 Å². The Morgan fingerprint density at radius 1 is 1.22 bits per heavy atom. The Kier molecular flexibility index (Phi) is 7.61. The third-order valence-electron chi connectivity index (χ3n) is 3.18. The van der Waals surface area contributed by atoms with E-state index in [1.807, 2.05) is 27.7 Å². The van der Waals surface area contributed by atoms with E-state index < -0.39 is 5.60 Å². The number of carbonyl (C=O) groups excluding carboxylic acids is 1. The molecule has 1 aliphatic heterocycles. The Labute approximate surface area is 139 Å². The van der Waals surface area contributed by atoms with Gasteiger partial charge in [0.2, 0.25) is 0 Å². The van der Waals surface area contributed by atoms with Gasteiger partial charge in [0.15, 0.2) is 5.96 Å². The van der Waals surface area contributed by atoms with Gasteiger partial charge in [-0.05, 0) is 34.1 Å². The number of hydrogen-bond acceptors (Lipinski definition) is 4. The summed E-state index contributed by atoms with van der Waals surface area (Å²) in [6.45, 7) is 14.2. The third kappa shape index (κ3) is 8.64. The van der Waals surface area contributed by atoms with Crippen molar-refractivity contribution in [1.29, 1.82) is 0 Å². The average molecular weight is 328 g/mol. The summed E-state index contributed by atoms with van der Waals surface area (Å²) in [6, 6.07) is 0. The molecule has 1 heterocycles. The number of nitrogens with zero attached hydrogens (tertiary/aromatic N) is 1. The highest BCUT2D eigenvalue weighted by Gasteiger charge is 2.33. The molecule has 23 heavy (non-hydrogen) atoms. The molecule has 1 aliphatic rings. The first kappa shape index (κ1) is 19.5. The Morgan fingerprint density at radius 2 is 1.87 bits per heavy atom. The van der Waals surface area contributed by atoms with Crippen LogP contribution in [-0.4, -0.2) is 57.0 Å². The molecule has 0 unspecified atom stereocenters. The molecule has 1 rings (SSSR count). The van der Waals surface area contributed by atoms with Crippen molar-refractivity contribution in [2.45, 2.75) is 46.6 Å². The number of carbonyl (C=O) groups is 1. The van der Waals surface area contributed by atoms with Crippen LogP contribution in [0.15, 0.2) is 4.99 Å². The molecule has 1 amide bonds. The number of rotatable bonds is 7. The molecule has 0 aliphatic carbocycles.